The Morgan fingerprint density at radius 3 is 2.67 bits per heavy atom. The van der Waals surface area contributed by atoms with Crippen molar-refractivity contribution in [3.05, 3.63) is 35.8 Å². The number of nitrogens with zero attached hydrogens (tertiary/aromatic N) is 5. The zero-order valence-corrected chi connectivity index (χ0v) is 18.5. The third-order valence-electron chi connectivity index (χ3n) is 5.84. The fourth-order valence-corrected chi connectivity index (χ4v) is 4.07. The van der Waals surface area contributed by atoms with Crippen LogP contribution in [0.2, 0.25) is 0 Å². The van der Waals surface area contributed by atoms with E-state index < -0.39 is 0 Å². The lowest BCUT2D eigenvalue weighted by Gasteiger charge is -2.23. The third kappa shape index (κ3) is 4.43. The summed E-state index contributed by atoms with van der Waals surface area (Å²) < 4.78 is 3.96. The van der Waals surface area contributed by atoms with Crippen LogP contribution in [-0.2, 0) is 6.54 Å². The Labute approximate surface area is 178 Å². The Hall–Kier alpha value is -2.61. The van der Waals surface area contributed by atoms with E-state index >= 15 is 0 Å². The highest BCUT2D eigenvalue weighted by molar-refractivity contribution is 5.61. The molecule has 8 nitrogen and oxygen atoms in total. The number of hydrogen-bond donors (Lipinski definition) is 3. The first kappa shape index (κ1) is 20.7. The van der Waals surface area contributed by atoms with E-state index in [1.165, 1.54) is 12.8 Å². The Morgan fingerprint density at radius 2 is 1.93 bits per heavy atom. The molecule has 3 aromatic rings. The van der Waals surface area contributed by atoms with E-state index in [0.717, 1.165) is 48.2 Å². The van der Waals surface area contributed by atoms with Crippen molar-refractivity contribution >= 4 is 17.3 Å². The first-order valence-electron chi connectivity index (χ1n) is 11.1. The highest BCUT2D eigenvalue weighted by atomic mass is 15.3. The van der Waals surface area contributed by atoms with Crippen LogP contribution in [0.25, 0.3) is 5.65 Å². The Bertz CT molecular complexity index is 965. The summed E-state index contributed by atoms with van der Waals surface area (Å²) in [6.07, 6.45) is 6.22. The predicted octanol–water partition coefficient (Wildman–Crippen LogP) is 3.65. The van der Waals surface area contributed by atoms with Crippen LogP contribution in [0.15, 0.2) is 24.5 Å². The topological polar surface area (TPSA) is 84.1 Å². The van der Waals surface area contributed by atoms with Crippen LogP contribution in [0.5, 0.6) is 0 Å². The fourth-order valence-electron chi connectivity index (χ4n) is 4.07. The molecule has 1 fully saturated rings. The van der Waals surface area contributed by atoms with Gasteiger partial charge in [0, 0.05) is 30.4 Å². The number of rotatable bonds is 8. The average Bonchev–Trinajstić information content (AvgIpc) is 3.38. The van der Waals surface area contributed by atoms with Gasteiger partial charge in [0.15, 0.2) is 5.65 Å². The van der Waals surface area contributed by atoms with Gasteiger partial charge in [0.25, 0.3) is 0 Å². The molecule has 0 saturated carbocycles. The van der Waals surface area contributed by atoms with Gasteiger partial charge >= 0.3 is 0 Å². The second kappa shape index (κ2) is 9.04. The molecule has 3 N–H and O–H groups in total. The van der Waals surface area contributed by atoms with Gasteiger partial charge in [-0.15, -0.1) is 0 Å². The van der Waals surface area contributed by atoms with E-state index in [1.807, 2.05) is 21.6 Å². The second-order valence-corrected chi connectivity index (χ2v) is 8.81. The molecule has 0 bridgehead atoms. The monoisotopic (exact) mass is 410 g/mol. The van der Waals surface area contributed by atoms with Crippen molar-refractivity contribution in [1.82, 2.24) is 29.7 Å². The maximum absolute atomic E-state index is 4.91. The molecule has 3 aromatic heterocycles. The van der Waals surface area contributed by atoms with Crippen molar-refractivity contribution in [2.24, 2.45) is 5.92 Å². The third-order valence-corrected chi connectivity index (χ3v) is 5.84. The van der Waals surface area contributed by atoms with Gasteiger partial charge in [0.1, 0.15) is 11.6 Å². The highest BCUT2D eigenvalue weighted by Gasteiger charge is 2.17. The zero-order valence-electron chi connectivity index (χ0n) is 18.5. The quantitative estimate of drug-likeness (QED) is 0.526. The fraction of sp³-hybridized carbons (Fsp3) is 0.591. The number of piperidine rings is 1. The van der Waals surface area contributed by atoms with Gasteiger partial charge in [-0.2, -0.15) is 14.7 Å². The molecule has 0 aromatic carbocycles. The largest absolute Gasteiger partial charge is 0.370 e. The highest BCUT2D eigenvalue weighted by Crippen LogP contribution is 2.25. The van der Waals surface area contributed by atoms with Crippen LogP contribution in [-0.4, -0.2) is 44.0 Å². The van der Waals surface area contributed by atoms with E-state index in [4.69, 9.17) is 4.98 Å². The molecule has 0 atom stereocenters. The Morgan fingerprint density at radius 1 is 1.13 bits per heavy atom. The van der Waals surface area contributed by atoms with Crippen molar-refractivity contribution in [2.75, 3.05) is 30.3 Å². The molecule has 30 heavy (non-hydrogen) atoms. The van der Waals surface area contributed by atoms with Gasteiger partial charge in [-0.05, 0) is 57.7 Å². The molecule has 4 rings (SSSR count). The van der Waals surface area contributed by atoms with Crippen molar-refractivity contribution in [1.29, 1.82) is 0 Å². The van der Waals surface area contributed by atoms with Gasteiger partial charge < -0.3 is 16.0 Å². The molecule has 0 unspecified atom stereocenters. The number of fused-ring (bicyclic) bond motifs is 1. The second-order valence-electron chi connectivity index (χ2n) is 8.81. The lowest BCUT2D eigenvalue weighted by molar-refractivity contribution is 0.389. The van der Waals surface area contributed by atoms with Gasteiger partial charge in [-0.1, -0.05) is 13.8 Å². The molecule has 0 aliphatic carbocycles. The number of anilines is 2. The number of hydrogen-bond acceptors (Lipinski definition) is 6. The maximum Gasteiger partial charge on any atom is 0.163 e. The van der Waals surface area contributed by atoms with Crippen LogP contribution in [0, 0.1) is 5.92 Å². The van der Waals surface area contributed by atoms with Gasteiger partial charge in [0.2, 0.25) is 0 Å². The Balaban J connectivity index is 1.58. The summed E-state index contributed by atoms with van der Waals surface area (Å²) in [6.45, 7) is 12.5. The Kier molecular flexibility index (Phi) is 6.22. The van der Waals surface area contributed by atoms with E-state index in [0.29, 0.717) is 24.4 Å². The number of nitrogens with one attached hydrogen (secondary N) is 3. The molecule has 4 heterocycles. The minimum atomic E-state index is 0.328. The first-order valence-corrected chi connectivity index (χ1v) is 11.1. The molecule has 1 saturated heterocycles. The molecule has 1 aliphatic heterocycles. The van der Waals surface area contributed by atoms with E-state index in [9.17, 15) is 0 Å². The van der Waals surface area contributed by atoms with Crippen molar-refractivity contribution < 1.29 is 0 Å². The molecular formula is C22H34N8. The molecule has 0 amide bonds. The summed E-state index contributed by atoms with van der Waals surface area (Å²) in [5, 5.41) is 19.6. The van der Waals surface area contributed by atoms with E-state index in [2.05, 4.69) is 66.0 Å². The van der Waals surface area contributed by atoms with E-state index in [-0.39, 0.29) is 0 Å². The van der Waals surface area contributed by atoms with Gasteiger partial charge in [-0.25, -0.2) is 4.98 Å². The summed E-state index contributed by atoms with van der Waals surface area (Å²) in [4.78, 5) is 4.91. The number of aromatic nitrogens is 5. The minimum Gasteiger partial charge on any atom is -0.370 e. The summed E-state index contributed by atoms with van der Waals surface area (Å²) in [5.41, 5.74) is 3.23. The summed E-state index contributed by atoms with van der Waals surface area (Å²) in [7, 11) is 0. The molecule has 8 heteroatoms. The van der Waals surface area contributed by atoms with Crippen molar-refractivity contribution in [3.63, 3.8) is 0 Å². The normalized spacial score (nSPS) is 15.4. The molecule has 1 aliphatic rings. The van der Waals surface area contributed by atoms with Crippen molar-refractivity contribution in [3.8, 4) is 0 Å². The maximum atomic E-state index is 4.91. The van der Waals surface area contributed by atoms with Crippen LogP contribution in [0.3, 0.4) is 0 Å². The summed E-state index contributed by atoms with van der Waals surface area (Å²) in [5.74, 6) is 2.90. The lowest BCUT2D eigenvalue weighted by atomic mass is 9.98. The van der Waals surface area contributed by atoms with Crippen LogP contribution < -0.4 is 16.0 Å². The zero-order chi connectivity index (χ0) is 21.1. The first-order chi connectivity index (χ1) is 14.5. The van der Waals surface area contributed by atoms with Crippen molar-refractivity contribution in [2.45, 2.75) is 59.0 Å². The molecule has 0 radical (unpaired) electrons. The smallest absolute Gasteiger partial charge is 0.163 e. The van der Waals surface area contributed by atoms with E-state index in [1.54, 1.807) is 0 Å². The van der Waals surface area contributed by atoms with Gasteiger partial charge in [0.05, 0.1) is 18.4 Å². The van der Waals surface area contributed by atoms with Crippen LogP contribution in [0.4, 0.5) is 11.6 Å². The lowest BCUT2D eigenvalue weighted by Crippen LogP contribution is -2.31. The summed E-state index contributed by atoms with van der Waals surface area (Å²) >= 11 is 0. The molecular weight excluding hydrogens is 376 g/mol. The minimum absolute atomic E-state index is 0.328. The van der Waals surface area contributed by atoms with Crippen LogP contribution >= 0.6 is 0 Å². The average molecular weight is 411 g/mol. The molecule has 0 spiro atoms. The standard InChI is InChI=1S/C22H34N8/c1-15(2)19-14-27-30-21(25-13-18-7-10-26-29(18)16(3)4)11-20(28-22(19)30)24-12-17-5-8-23-9-6-17/h7,10-11,14-17,23,25H,5-6,8-9,12-13H2,1-4H3,(H,24,28). The van der Waals surface area contributed by atoms with Crippen LogP contribution in [0.1, 0.15) is 63.8 Å². The predicted molar refractivity (Wildman–Crippen MR) is 121 cm³/mol. The SMILES string of the molecule is CC(C)c1cnn2c(NCc3ccnn3C(C)C)cc(NCC3CCNCC3)nc12. The van der Waals surface area contributed by atoms with Gasteiger partial charge in [-0.3, -0.25) is 4.68 Å². The molecule has 162 valence electrons. The summed E-state index contributed by atoms with van der Waals surface area (Å²) in [6, 6.07) is 4.46.